The highest BCUT2D eigenvalue weighted by atomic mass is 16.6. The smallest absolute Gasteiger partial charge is 0.407 e. The summed E-state index contributed by atoms with van der Waals surface area (Å²) in [5.41, 5.74) is -0.529. The highest BCUT2D eigenvalue weighted by molar-refractivity contribution is 5.78. The van der Waals surface area contributed by atoms with E-state index in [1.165, 1.54) is 0 Å². The van der Waals surface area contributed by atoms with Crippen molar-refractivity contribution in [1.29, 1.82) is 0 Å². The Labute approximate surface area is 143 Å². The fourth-order valence-electron chi connectivity index (χ4n) is 1.52. The molecule has 0 aliphatic carbocycles. The third-order valence-electron chi connectivity index (χ3n) is 2.45. The number of ether oxygens (including phenoxy) is 2. The van der Waals surface area contributed by atoms with Gasteiger partial charge in [-0.15, -0.1) is 0 Å². The van der Waals surface area contributed by atoms with Gasteiger partial charge < -0.3 is 30.7 Å². The maximum Gasteiger partial charge on any atom is 0.407 e. The van der Waals surface area contributed by atoms with E-state index >= 15 is 0 Å². The molecule has 0 unspecified atom stereocenters. The first-order valence-electron chi connectivity index (χ1n) is 8.05. The SMILES string of the molecule is CCOC(=O)CNCCNC(=O)CNCCNC(=O)OC(C)(C)C. The third kappa shape index (κ3) is 15.0. The minimum Gasteiger partial charge on any atom is -0.465 e. The molecular formula is C15H30N4O5. The molecule has 0 bridgehead atoms. The molecule has 2 amide bonds. The molecule has 9 nitrogen and oxygen atoms in total. The summed E-state index contributed by atoms with van der Waals surface area (Å²) in [6.45, 7) is 9.44. The fraction of sp³-hybridized carbons (Fsp3) is 0.800. The molecule has 0 aromatic rings. The van der Waals surface area contributed by atoms with E-state index in [0.29, 0.717) is 32.8 Å². The van der Waals surface area contributed by atoms with Crippen LogP contribution in [0.1, 0.15) is 27.7 Å². The summed E-state index contributed by atoms with van der Waals surface area (Å²) in [7, 11) is 0. The van der Waals surface area contributed by atoms with Crippen molar-refractivity contribution >= 4 is 18.0 Å². The number of nitrogens with one attached hydrogen (secondary N) is 4. The minimum absolute atomic E-state index is 0.123. The van der Waals surface area contributed by atoms with Crippen LogP contribution in [0, 0.1) is 0 Å². The van der Waals surface area contributed by atoms with Gasteiger partial charge in [0.1, 0.15) is 5.60 Å². The number of hydrogen-bond acceptors (Lipinski definition) is 7. The Morgan fingerprint density at radius 2 is 1.46 bits per heavy atom. The van der Waals surface area contributed by atoms with Crippen molar-refractivity contribution in [3.8, 4) is 0 Å². The molecule has 0 rings (SSSR count). The van der Waals surface area contributed by atoms with Crippen LogP contribution in [0.5, 0.6) is 0 Å². The summed E-state index contributed by atoms with van der Waals surface area (Å²) >= 11 is 0. The molecule has 0 atom stereocenters. The van der Waals surface area contributed by atoms with Gasteiger partial charge in [0.05, 0.1) is 19.7 Å². The lowest BCUT2D eigenvalue weighted by atomic mass is 10.2. The molecule has 0 aliphatic rings. The fourth-order valence-corrected chi connectivity index (χ4v) is 1.52. The summed E-state index contributed by atoms with van der Waals surface area (Å²) in [5, 5.41) is 11.0. The van der Waals surface area contributed by atoms with E-state index in [1.54, 1.807) is 27.7 Å². The zero-order valence-electron chi connectivity index (χ0n) is 15.0. The van der Waals surface area contributed by atoms with E-state index in [4.69, 9.17) is 9.47 Å². The van der Waals surface area contributed by atoms with Crippen LogP contribution in [0.2, 0.25) is 0 Å². The first kappa shape index (κ1) is 22.1. The Morgan fingerprint density at radius 1 is 0.875 bits per heavy atom. The van der Waals surface area contributed by atoms with Crippen molar-refractivity contribution in [2.75, 3.05) is 45.9 Å². The van der Waals surface area contributed by atoms with Gasteiger partial charge >= 0.3 is 12.1 Å². The van der Waals surface area contributed by atoms with Crippen LogP contribution >= 0.6 is 0 Å². The van der Waals surface area contributed by atoms with Crippen LogP contribution in [0.15, 0.2) is 0 Å². The second kappa shape index (κ2) is 12.5. The summed E-state index contributed by atoms with van der Waals surface area (Å²) in [6, 6.07) is 0. The maximum atomic E-state index is 11.5. The predicted octanol–water partition coefficient (Wildman–Crippen LogP) is -0.630. The second-order valence-electron chi connectivity index (χ2n) is 5.94. The van der Waals surface area contributed by atoms with Gasteiger partial charge in [-0.05, 0) is 27.7 Å². The van der Waals surface area contributed by atoms with Crippen molar-refractivity contribution in [2.45, 2.75) is 33.3 Å². The lowest BCUT2D eigenvalue weighted by Crippen LogP contribution is -2.41. The quantitative estimate of drug-likeness (QED) is 0.291. The average molecular weight is 346 g/mol. The largest absolute Gasteiger partial charge is 0.465 e. The molecule has 0 spiro atoms. The Morgan fingerprint density at radius 3 is 2.04 bits per heavy atom. The maximum absolute atomic E-state index is 11.5. The van der Waals surface area contributed by atoms with Gasteiger partial charge in [-0.1, -0.05) is 0 Å². The molecule has 0 saturated carbocycles. The van der Waals surface area contributed by atoms with Crippen molar-refractivity contribution in [3.63, 3.8) is 0 Å². The average Bonchev–Trinajstić information content (AvgIpc) is 2.45. The Kier molecular flexibility index (Phi) is 11.6. The molecule has 140 valence electrons. The zero-order valence-corrected chi connectivity index (χ0v) is 15.0. The van der Waals surface area contributed by atoms with Gasteiger partial charge in [-0.2, -0.15) is 0 Å². The molecule has 0 aliphatic heterocycles. The van der Waals surface area contributed by atoms with Gasteiger partial charge in [0.25, 0.3) is 0 Å². The standard InChI is InChI=1S/C15H30N4O5/c1-5-23-13(21)11-17-6-8-18-12(20)10-16-7-9-19-14(22)24-15(2,3)4/h16-17H,5-11H2,1-4H3,(H,18,20)(H,19,22). The van der Waals surface area contributed by atoms with E-state index in [9.17, 15) is 14.4 Å². The predicted molar refractivity (Wildman–Crippen MR) is 89.6 cm³/mol. The first-order chi connectivity index (χ1) is 11.2. The number of carbonyl (C=O) groups excluding carboxylic acids is 3. The lowest BCUT2D eigenvalue weighted by Gasteiger charge is -2.19. The van der Waals surface area contributed by atoms with Crippen molar-refractivity contribution in [3.05, 3.63) is 0 Å². The lowest BCUT2D eigenvalue weighted by molar-refractivity contribution is -0.141. The molecular weight excluding hydrogens is 316 g/mol. The van der Waals surface area contributed by atoms with Crippen LogP contribution in [0.25, 0.3) is 0 Å². The summed E-state index contributed by atoms with van der Waals surface area (Å²) in [4.78, 5) is 33.9. The minimum atomic E-state index is -0.529. The van der Waals surface area contributed by atoms with Gasteiger partial charge in [0.2, 0.25) is 5.91 Å². The number of esters is 1. The molecule has 4 N–H and O–H groups in total. The van der Waals surface area contributed by atoms with Gasteiger partial charge in [0.15, 0.2) is 0 Å². The van der Waals surface area contributed by atoms with E-state index in [2.05, 4.69) is 21.3 Å². The van der Waals surface area contributed by atoms with Crippen LogP contribution in [-0.2, 0) is 19.1 Å². The van der Waals surface area contributed by atoms with Gasteiger partial charge in [0, 0.05) is 26.2 Å². The zero-order chi connectivity index (χ0) is 18.4. The van der Waals surface area contributed by atoms with Crippen LogP contribution < -0.4 is 21.3 Å². The van der Waals surface area contributed by atoms with Crippen molar-refractivity contribution < 1.29 is 23.9 Å². The third-order valence-corrected chi connectivity index (χ3v) is 2.45. The normalized spacial score (nSPS) is 10.8. The molecule has 0 saturated heterocycles. The van der Waals surface area contributed by atoms with E-state index in [0.717, 1.165) is 0 Å². The number of alkyl carbamates (subject to hydrolysis) is 1. The van der Waals surface area contributed by atoms with Crippen LogP contribution in [0.4, 0.5) is 4.79 Å². The topological polar surface area (TPSA) is 118 Å². The molecule has 0 heterocycles. The summed E-state index contributed by atoms with van der Waals surface area (Å²) < 4.78 is 9.83. The van der Waals surface area contributed by atoms with Gasteiger partial charge in [-0.3, -0.25) is 9.59 Å². The summed E-state index contributed by atoms with van der Waals surface area (Å²) in [5.74, 6) is -0.479. The Hall–Kier alpha value is -1.87. The molecule has 0 aromatic carbocycles. The molecule has 0 aromatic heterocycles. The molecule has 0 radical (unpaired) electrons. The Bertz CT molecular complexity index is 396. The monoisotopic (exact) mass is 346 g/mol. The highest BCUT2D eigenvalue weighted by Gasteiger charge is 2.15. The van der Waals surface area contributed by atoms with Crippen molar-refractivity contribution in [2.24, 2.45) is 0 Å². The molecule has 9 heteroatoms. The van der Waals surface area contributed by atoms with E-state index in [1.807, 2.05) is 0 Å². The highest BCUT2D eigenvalue weighted by Crippen LogP contribution is 2.05. The molecule has 0 fully saturated rings. The number of amides is 2. The Balaban J connectivity index is 3.47. The number of hydrogen-bond donors (Lipinski definition) is 4. The number of rotatable bonds is 11. The second-order valence-corrected chi connectivity index (χ2v) is 5.94. The van der Waals surface area contributed by atoms with E-state index < -0.39 is 11.7 Å². The first-order valence-corrected chi connectivity index (χ1v) is 8.05. The number of carbonyl (C=O) groups is 3. The molecule has 24 heavy (non-hydrogen) atoms. The summed E-state index contributed by atoms with van der Waals surface area (Å²) in [6.07, 6.45) is -0.485. The van der Waals surface area contributed by atoms with Crippen LogP contribution in [0.3, 0.4) is 0 Å². The van der Waals surface area contributed by atoms with E-state index in [-0.39, 0.29) is 25.0 Å². The van der Waals surface area contributed by atoms with Crippen LogP contribution in [-0.4, -0.2) is 69.4 Å². The van der Waals surface area contributed by atoms with Gasteiger partial charge in [-0.25, -0.2) is 4.79 Å². The van der Waals surface area contributed by atoms with Crippen molar-refractivity contribution in [1.82, 2.24) is 21.3 Å².